The quantitative estimate of drug-likeness (QED) is 0.614. The largest absolute Gasteiger partial charge is 0.339 e. The Hall–Kier alpha value is -1.97. The molecule has 0 unspecified atom stereocenters. The van der Waals surface area contributed by atoms with Gasteiger partial charge < -0.3 is 10.2 Å². The maximum atomic E-state index is 12.7. The van der Waals surface area contributed by atoms with Gasteiger partial charge in [0.05, 0.1) is 12.3 Å². The number of hydrogen-bond donors (Lipinski definition) is 1. The van der Waals surface area contributed by atoms with Crippen molar-refractivity contribution < 1.29 is 13.2 Å². The minimum atomic E-state index is -3.36. The van der Waals surface area contributed by atoms with Crippen LogP contribution in [0.3, 0.4) is 0 Å². The predicted octanol–water partition coefficient (Wildman–Crippen LogP) is 2.18. The van der Waals surface area contributed by atoms with Gasteiger partial charge in [-0.2, -0.15) is 0 Å². The van der Waals surface area contributed by atoms with E-state index in [-0.39, 0.29) is 24.2 Å². The van der Waals surface area contributed by atoms with E-state index < -0.39 is 10.0 Å². The highest BCUT2D eigenvalue weighted by atomic mass is 35.5. The molecular weight excluding hydrogens is 460 g/mol. The average Bonchev–Trinajstić information content (AvgIpc) is 3.30. The van der Waals surface area contributed by atoms with Crippen molar-refractivity contribution in [3.8, 4) is 0 Å². The van der Waals surface area contributed by atoms with Crippen LogP contribution >= 0.6 is 11.6 Å². The van der Waals surface area contributed by atoms with Crippen LogP contribution in [-0.4, -0.2) is 80.3 Å². The highest BCUT2D eigenvalue weighted by Crippen LogP contribution is 2.19. The third kappa shape index (κ3) is 6.55. The Bertz CT molecular complexity index is 1040. The van der Waals surface area contributed by atoms with E-state index >= 15 is 0 Å². The Morgan fingerprint density at radius 3 is 2.39 bits per heavy atom. The lowest BCUT2D eigenvalue weighted by atomic mass is 10.2. The first-order valence-corrected chi connectivity index (χ1v) is 13.4. The average molecular weight is 491 g/mol. The number of hydrogen-bond acceptors (Lipinski definition) is 5. The van der Waals surface area contributed by atoms with Crippen molar-refractivity contribution in [2.24, 2.45) is 0 Å². The molecule has 2 aromatic carbocycles. The lowest BCUT2D eigenvalue weighted by Crippen LogP contribution is -2.51. The maximum absolute atomic E-state index is 12.7. The molecule has 2 saturated heterocycles. The number of benzene rings is 2. The minimum Gasteiger partial charge on any atom is -0.339 e. The van der Waals surface area contributed by atoms with Gasteiger partial charge >= 0.3 is 0 Å². The van der Waals surface area contributed by atoms with Crippen LogP contribution in [0.25, 0.3) is 0 Å². The van der Waals surface area contributed by atoms with Gasteiger partial charge in [-0.15, -0.1) is 0 Å². The maximum Gasteiger partial charge on any atom is 0.236 e. The summed E-state index contributed by atoms with van der Waals surface area (Å²) in [5, 5.41) is 4.05. The highest BCUT2D eigenvalue weighted by Gasteiger charge is 2.32. The Morgan fingerprint density at radius 2 is 1.67 bits per heavy atom. The molecule has 0 radical (unpaired) electrons. The summed E-state index contributed by atoms with van der Waals surface area (Å²) >= 11 is 6.26. The first-order chi connectivity index (χ1) is 15.9. The second-order valence-electron chi connectivity index (χ2n) is 8.71. The van der Waals surface area contributed by atoms with Crippen LogP contribution in [-0.2, 0) is 27.1 Å². The molecule has 178 valence electrons. The molecule has 2 aromatic rings. The monoisotopic (exact) mass is 490 g/mol. The highest BCUT2D eigenvalue weighted by molar-refractivity contribution is 7.88. The van der Waals surface area contributed by atoms with E-state index in [1.165, 1.54) is 4.31 Å². The van der Waals surface area contributed by atoms with Crippen molar-refractivity contribution >= 4 is 27.5 Å². The molecule has 2 aliphatic heterocycles. The number of nitrogens with one attached hydrogen (secondary N) is 1. The molecule has 1 atom stereocenters. The van der Waals surface area contributed by atoms with E-state index in [0.29, 0.717) is 32.6 Å². The van der Waals surface area contributed by atoms with Gasteiger partial charge in [-0.1, -0.05) is 60.1 Å². The van der Waals surface area contributed by atoms with Gasteiger partial charge in [0.1, 0.15) is 0 Å². The molecular formula is C24H31ClN4O3S. The van der Waals surface area contributed by atoms with Gasteiger partial charge in [0.2, 0.25) is 15.9 Å². The lowest BCUT2D eigenvalue weighted by Gasteiger charge is -2.35. The fraction of sp³-hybridized carbons (Fsp3) is 0.458. The van der Waals surface area contributed by atoms with Gasteiger partial charge in [0, 0.05) is 56.9 Å². The molecule has 0 spiro atoms. The zero-order chi connectivity index (χ0) is 23.3. The standard InChI is InChI=1S/C24H31ClN4O3S/c25-23-9-5-4-8-21(23)17-27-12-14-28(15-13-27)24(30)16-26-22-10-11-29(18-22)33(31,32)19-20-6-2-1-3-7-20/h1-9,22,26H,10-19H2/t22-/m0/s1. The van der Waals surface area contributed by atoms with Crippen molar-refractivity contribution in [2.45, 2.75) is 24.8 Å². The molecule has 0 saturated carbocycles. The molecule has 7 nitrogen and oxygen atoms in total. The van der Waals surface area contributed by atoms with E-state index in [0.717, 1.165) is 35.8 Å². The van der Waals surface area contributed by atoms with Crippen LogP contribution in [0.4, 0.5) is 0 Å². The number of carbonyl (C=O) groups excluding carboxylic acids is 1. The van der Waals surface area contributed by atoms with E-state index in [2.05, 4.69) is 10.2 Å². The normalized spacial score (nSPS) is 20.3. The van der Waals surface area contributed by atoms with Crippen molar-refractivity contribution in [3.05, 3.63) is 70.7 Å². The fourth-order valence-corrected chi connectivity index (χ4v) is 6.17. The van der Waals surface area contributed by atoms with E-state index in [9.17, 15) is 13.2 Å². The van der Waals surface area contributed by atoms with E-state index in [1.54, 1.807) is 0 Å². The minimum absolute atomic E-state index is 0.000935. The number of piperazine rings is 1. The fourth-order valence-electron chi connectivity index (χ4n) is 4.39. The molecule has 1 amide bonds. The Kier molecular flexibility index (Phi) is 8.03. The topological polar surface area (TPSA) is 73.0 Å². The Morgan fingerprint density at radius 1 is 0.970 bits per heavy atom. The van der Waals surface area contributed by atoms with Gasteiger partial charge in [0.15, 0.2) is 0 Å². The Balaban J connectivity index is 1.19. The van der Waals surface area contributed by atoms with Crippen LogP contribution in [0.5, 0.6) is 0 Å². The van der Waals surface area contributed by atoms with E-state index in [1.807, 2.05) is 59.5 Å². The zero-order valence-corrected chi connectivity index (χ0v) is 20.3. The SMILES string of the molecule is O=C(CN[C@H]1CCN(S(=O)(=O)Cc2ccccc2)C1)N1CCN(Cc2ccccc2Cl)CC1. The molecule has 2 aliphatic rings. The first-order valence-electron chi connectivity index (χ1n) is 11.4. The van der Waals surface area contributed by atoms with Crippen LogP contribution in [0.1, 0.15) is 17.5 Å². The van der Waals surface area contributed by atoms with Crippen molar-refractivity contribution in [1.82, 2.24) is 19.4 Å². The van der Waals surface area contributed by atoms with Crippen molar-refractivity contribution in [3.63, 3.8) is 0 Å². The molecule has 4 rings (SSSR count). The van der Waals surface area contributed by atoms with Crippen molar-refractivity contribution in [2.75, 3.05) is 45.8 Å². The van der Waals surface area contributed by atoms with Crippen LogP contribution < -0.4 is 5.32 Å². The molecule has 9 heteroatoms. The number of halogens is 1. The number of amides is 1. The summed E-state index contributed by atoms with van der Waals surface area (Å²) in [6, 6.07) is 17.1. The lowest BCUT2D eigenvalue weighted by molar-refractivity contribution is -0.132. The van der Waals surface area contributed by atoms with Crippen LogP contribution in [0.15, 0.2) is 54.6 Å². The molecule has 0 aromatic heterocycles. The second kappa shape index (κ2) is 11.0. The summed E-state index contributed by atoms with van der Waals surface area (Å²) in [6.45, 7) is 4.92. The summed E-state index contributed by atoms with van der Waals surface area (Å²) in [6.07, 6.45) is 0.715. The molecule has 2 heterocycles. The summed E-state index contributed by atoms with van der Waals surface area (Å²) in [5.41, 5.74) is 1.89. The van der Waals surface area contributed by atoms with Gasteiger partial charge in [-0.05, 0) is 23.6 Å². The van der Waals surface area contributed by atoms with Crippen LogP contribution in [0, 0.1) is 0 Å². The first kappa shape index (κ1) is 24.2. The van der Waals surface area contributed by atoms with E-state index in [4.69, 9.17) is 11.6 Å². The van der Waals surface area contributed by atoms with Gasteiger partial charge in [-0.25, -0.2) is 12.7 Å². The molecule has 1 N–H and O–H groups in total. The molecule has 2 fully saturated rings. The third-order valence-corrected chi connectivity index (χ3v) is 8.54. The summed E-state index contributed by atoms with van der Waals surface area (Å²) in [4.78, 5) is 16.9. The summed E-state index contributed by atoms with van der Waals surface area (Å²) in [7, 11) is -3.36. The summed E-state index contributed by atoms with van der Waals surface area (Å²) < 4.78 is 27.0. The van der Waals surface area contributed by atoms with Crippen LogP contribution in [0.2, 0.25) is 5.02 Å². The van der Waals surface area contributed by atoms with Gasteiger partial charge in [0.25, 0.3) is 0 Å². The third-order valence-electron chi connectivity index (χ3n) is 6.36. The van der Waals surface area contributed by atoms with Gasteiger partial charge in [-0.3, -0.25) is 9.69 Å². The second-order valence-corrected chi connectivity index (χ2v) is 11.1. The zero-order valence-electron chi connectivity index (χ0n) is 18.7. The van der Waals surface area contributed by atoms with Crippen molar-refractivity contribution in [1.29, 1.82) is 0 Å². The predicted molar refractivity (Wildman–Crippen MR) is 130 cm³/mol. The number of carbonyl (C=O) groups is 1. The summed E-state index contributed by atoms with van der Waals surface area (Å²) in [5.74, 6) is 0.0794. The molecule has 33 heavy (non-hydrogen) atoms. The molecule has 0 aliphatic carbocycles. The molecule has 0 bridgehead atoms. The number of sulfonamides is 1. The number of rotatable bonds is 8. The smallest absolute Gasteiger partial charge is 0.236 e. The Labute approximate surface area is 201 Å². The number of nitrogens with zero attached hydrogens (tertiary/aromatic N) is 3.